The Hall–Kier alpha value is -3.74. The first kappa shape index (κ1) is 22.5. The summed E-state index contributed by atoms with van der Waals surface area (Å²) in [6, 6.07) is 17.0. The van der Waals surface area contributed by atoms with Gasteiger partial charge in [-0.3, -0.25) is 9.59 Å². The van der Waals surface area contributed by atoms with E-state index in [4.69, 9.17) is 4.74 Å². The SMILES string of the molecule is COc1ccccc1CNC(=O)c1cncnc1CC1CCN(C(=O)c2ccccc2)CC1. The molecule has 2 aromatic carbocycles. The van der Waals surface area contributed by atoms with Crippen molar-refractivity contribution in [2.75, 3.05) is 20.2 Å². The van der Waals surface area contributed by atoms with Crippen LogP contribution < -0.4 is 10.1 Å². The zero-order valence-corrected chi connectivity index (χ0v) is 18.7. The van der Waals surface area contributed by atoms with Gasteiger partial charge in [-0.2, -0.15) is 0 Å². The van der Waals surface area contributed by atoms with Crippen molar-refractivity contribution in [3.05, 3.63) is 89.5 Å². The molecule has 4 rings (SSSR count). The molecule has 0 unspecified atom stereocenters. The Bertz CT molecular complexity index is 1100. The van der Waals surface area contributed by atoms with E-state index in [9.17, 15) is 9.59 Å². The van der Waals surface area contributed by atoms with Crippen LogP contribution in [0.3, 0.4) is 0 Å². The summed E-state index contributed by atoms with van der Waals surface area (Å²) in [5, 5.41) is 2.96. The third-order valence-electron chi connectivity index (χ3n) is 6.08. The van der Waals surface area contributed by atoms with Gasteiger partial charge < -0.3 is 15.0 Å². The zero-order valence-electron chi connectivity index (χ0n) is 18.7. The maximum absolute atomic E-state index is 12.9. The van der Waals surface area contributed by atoms with Gasteiger partial charge in [-0.25, -0.2) is 9.97 Å². The van der Waals surface area contributed by atoms with E-state index in [1.807, 2.05) is 59.5 Å². The molecule has 1 saturated heterocycles. The van der Waals surface area contributed by atoms with Crippen LogP contribution in [0.1, 0.15) is 44.8 Å². The van der Waals surface area contributed by atoms with E-state index in [1.54, 1.807) is 13.3 Å². The predicted molar refractivity (Wildman–Crippen MR) is 125 cm³/mol. The number of nitrogens with zero attached hydrogens (tertiary/aromatic N) is 3. The topological polar surface area (TPSA) is 84.4 Å². The molecule has 1 N–H and O–H groups in total. The van der Waals surface area contributed by atoms with Crippen molar-refractivity contribution in [1.82, 2.24) is 20.2 Å². The van der Waals surface area contributed by atoms with Crippen molar-refractivity contribution in [1.29, 1.82) is 0 Å². The number of carbonyl (C=O) groups excluding carboxylic acids is 2. The molecule has 0 aliphatic carbocycles. The molecule has 33 heavy (non-hydrogen) atoms. The highest BCUT2D eigenvalue weighted by molar-refractivity contribution is 5.95. The van der Waals surface area contributed by atoms with Crippen molar-refractivity contribution in [2.45, 2.75) is 25.8 Å². The number of aromatic nitrogens is 2. The van der Waals surface area contributed by atoms with Gasteiger partial charge in [0.2, 0.25) is 0 Å². The fourth-order valence-corrected chi connectivity index (χ4v) is 4.20. The van der Waals surface area contributed by atoms with Crippen LogP contribution >= 0.6 is 0 Å². The molecule has 0 radical (unpaired) electrons. The molecule has 2 amide bonds. The van der Waals surface area contributed by atoms with Crippen LogP contribution in [0.25, 0.3) is 0 Å². The summed E-state index contributed by atoms with van der Waals surface area (Å²) in [5.74, 6) is 0.973. The van der Waals surface area contributed by atoms with Gasteiger partial charge in [0, 0.05) is 37.0 Å². The Labute approximate surface area is 193 Å². The Morgan fingerprint density at radius 1 is 1.06 bits per heavy atom. The van der Waals surface area contributed by atoms with Crippen molar-refractivity contribution >= 4 is 11.8 Å². The van der Waals surface area contributed by atoms with Crippen molar-refractivity contribution in [3.8, 4) is 5.75 Å². The van der Waals surface area contributed by atoms with Gasteiger partial charge in [-0.1, -0.05) is 36.4 Å². The summed E-state index contributed by atoms with van der Waals surface area (Å²) in [5.41, 5.74) is 2.87. The number of ether oxygens (including phenoxy) is 1. The van der Waals surface area contributed by atoms with Gasteiger partial charge in [0.25, 0.3) is 11.8 Å². The minimum atomic E-state index is -0.201. The molecule has 0 bridgehead atoms. The molecular weight excluding hydrogens is 416 g/mol. The van der Waals surface area contributed by atoms with Crippen LogP contribution in [-0.2, 0) is 13.0 Å². The molecule has 0 spiro atoms. The summed E-state index contributed by atoms with van der Waals surface area (Å²) in [7, 11) is 1.61. The third-order valence-corrected chi connectivity index (χ3v) is 6.08. The van der Waals surface area contributed by atoms with Crippen LogP contribution in [0.2, 0.25) is 0 Å². The van der Waals surface area contributed by atoms with Crippen LogP contribution in [0, 0.1) is 5.92 Å². The monoisotopic (exact) mass is 444 g/mol. The first-order chi connectivity index (χ1) is 16.2. The number of amides is 2. The summed E-state index contributed by atoms with van der Waals surface area (Å²) >= 11 is 0. The Balaban J connectivity index is 1.35. The molecule has 2 heterocycles. The average molecular weight is 445 g/mol. The number of methoxy groups -OCH3 is 1. The molecule has 0 atom stereocenters. The van der Waals surface area contributed by atoms with E-state index in [-0.39, 0.29) is 11.8 Å². The highest BCUT2D eigenvalue weighted by atomic mass is 16.5. The van der Waals surface area contributed by atoms with Gasteiger partial charge in [0.15, 0.2) is 0 Å². The van der Waals surface area contributed by atoms with Gasteiger partial charge in [0.05, 0.1) is 18.4 Å². The smallest absolute Gasteiger partial charge is 0.254 e. The van der Waals surface area contributed by atoms with Crippen LogP contribution in [-0.4, -0.2) is 46.9 Å². The van der Waals surface area contributed by atoms with Crippen LogP contribution in [0.15, 0.2) is 67.1 Å². The lowest BCUT2D eigenvalue weighted by atomic mass is 9.90. The lowest BCUT2D eigenvalue weighted by molar-refractivity contribution is 0.0690. The molecule has 170 valence electrons. The molecule has 1 aliphatic rings. The normalized spacial score (nSPS) is 14.0. The van der Waals surface area contributed by atoms with E-state index in [0.29, 0.717) is 37.5 Å². The second kappa shape index (κ2) is 10.7. The maximum atomic E-state index is 12.9. The fourth-order valence-electron chi connectivity index (χ4n) is 4.20. The zero-order chi connectivity index (χ0) is 23.0. The first-order valence-electron chi connectivity index (χ1n) is 11.2. The Morgan fingerprint density at radius 3 is 2.55 bits per heavy atom. The van der Waals surface area contributed by atoms with Crippen molar-refractivity contribution in [2.24, 2.45) is 5.92 Å². The molecule has 1 fully saturated rings. The number of rotatable bonds is 7. The number of hydrogen-bond acceptors (Lipinski definition) is 5. The second-order valence-corrected chi connectivity index (χ2v) is 8.18. The Morgan fingerprint density at radius 2 is 1.79 bits per heavy atom. The van der Waals surface area contributed by atoms with Gasteiger partial charge in [0.1, 0.15) is 12.1 Å². The summed E-state index contributed by atoms with van der Waals surface area (Å²) < 4.78 is 5.36. The average Bonchev–Trinajstić information content (AvgIpc) is 2.88. The highest BCUT2D eigenvalue weighted by Gasteiger charge is 2.25. The first-order valence-corrected chi connectivity index (χ1v) is 11.2. The minimum absolute atomic E-state index is 0.0764. The summed E-state index contributed by atoms with van der Waals surface area (Å²) in [6.07, 6.45) is 5.51. The predicted octanol–water partition coefficient (Wildman–Crippen LogP) is 3.51. The van der Waals surface area contributed by atoms with E-state index in [2.05, 4.69) is 15.3 Å². The van der Waals surface area contributed by atoms with E-state index < -0.39 is 0 Å². The fraction of sp³-hybridized carbons (Fsp3) is 0.308. The summed E-state index contributed by atoms with van der Waals surface area (Å²) in [6.45, 7) is 1.77. The number of benzene rings is 2. The largest absolute Gasteiger partial charge is 0.496 e. The molecule has 7 heteroatoms. The second-order valence-electron chi connectivity index (χ2n) is 8.18. The number of hydrogen-bond donors (Lipinski definition) is 1. The maximum Gasteiger partial charge on any atom is 0.254 e. The number of para-hydroxylation sites is 1. The van der Waals surface area contributed by atoms with Crippen LogP contribution in [0.5, 0.6) is 5.75 Å². The molecule has 1 aliphatic heterocycles. The minimum Gasteiger partial charge on any atom is -0.496 e. The molecule has 1 aromatic heterocycles. The van der Waals surface area contributed by atoms with E-state index in [0.717, 1.165) is 35.4 Å². The molecule has 0 saturated carbocycles. The van der Waals surface area contributed by atoms with Gasteiger partial charge in [-0.05, 0) is 43.4 Å². The number of likely N-dealkylation sites (tertiary alicyclic amines) is 1. The standard InChI is InChI=1S/C26H28N4O3/c1-33-24-10-6-5-9-21(24)16-28-25(31)22-17-27-18-29-23(22)15-19-11-13-30(14-12-19)26(32)20-7-3-2-4-8-20/h2-10,17-19H,11-16H2,1H3,(H,28,31). The van der Waals surface area contributed by atoms with Crippen LogP contribution in [0.4, 0.5) is 0 Å². The van der Waals surface area contributed by atoms with Crippen molar-refractivity contribution in [3.63, 3.8) is 0 Å². The van der Waals surface area contributed by atoms with Gasteiger partial charge >= 0.3 is 0 Å². The lowest BCUT2D eigenvalue weighted by Crippen LogP contribution is -2.39. The third kappa shape index (κ3) is 5.55. The van der Waals surface area contributed by atoms with E-state index >= 15 is 0 Å². The number of nitrogens with one attached hydrogen (secondary N) is 1. The Kier molecular flexibility index (Phi) is 7.29. The number of piperidine rings is 1. The van der Waals surface area contributed by atoms with Crippen molar-refractivity contribution < 1.29 is 14.3 Å². The highest BCUT2D eigenvalue weighted by Crippen LogP contribution is 2.24. The molecule has 7 nitrogen and oxygen atoms in total. The summed E-state index contributed by atoms with van der Waals surface area (Å²) in [4.78, 5) is 36.0. The molecule has 3 aromatic rings. The number of carbonyl (C=O) groups is 2. The lowest BCUT2D eigenvalue weighted by Gasteiger charge is -2.32. The quantitative estimate of drug-likeness (QED) is 0.603. The molecular formula is C26H28N4O3. The van der Waals surface area contributed by atoms with E-state index in [1.165, 1.54) is 6.33 Å². The van der Waals surface area contributed by atoms with Gasteiger partial charge in [-0.15, -0.1) is 0 Å².